The summed E-state index contributed by atoms with van der Waals surface area (Å²) in [5, 5.41) is 0. The first-order valence-corrected chi connectivity index (χ1v) is 7.99. The van der Waals surface area contributed by atoms with E-state index in [-0.39, 0.29) is 0 Å². The van der Waals surface area contributed by atoms with Crippen molar-refractivity contribution in [3.63, 3.8) is 0 Å². The lowest BCUT2D eigenvalue weighted by Crippen LogP contribution is -2.32. The Kier molecular flexibility index (Phi) is 7.34. The Morgan fingerprint density at radius 3 is 2.65 bits per heavy atom. The molecule has 0 saturated carbocycles. The van der Waals surface area contributed by atoms with Gasteiger partial charge in [-0.15, -0.1) is 0 Å². The van der Waals surface area contributed by atoms with E-state index >= 15 is 0 Å². The third kappa shape index (κ3) is 5.58. The molecule has 0 N–H and O–H groups in total. The molecular formula is C15H26NS+. The number of thioether (sulfide) groups is 1. The maximum absolute atomic E-state index is 2.30. The fraction of sp³-hybridized carbons (Fsp3) is 0.667. The molecule has 0 amide bonds. The molecule has 0 radical (unpaired) electrons. The summed E-state index contributed by atoms with van der Waals surface area (Å²) < 4.78 is 2.30. The number of hydrogen-bond donors (Lipinski definition) is 0. The van der Waals surface area contributed by atoms with Gasteiger partial charge in [-0.3, -0.25) is 0 Å². The van der Waals surface area contributed by atoms with Crippen molar-refractivity contribution < 1.29 is 4.57 Å². The van der Waals surface area contributed by atoms with E-state index in [4.69, 9.17) is 0 Å². The number of pyridine rings is 1. The smallest absolute Gasteiger partial charge is 0.194 e. The monoisotopic (exact) mass is 252 g/mol. The number of rotatable bonds is 8. The van der Waals surface area contributed by atoms with Crippen molar-refractivity contribution in [1.82, 2.24) is 0 Å². The fourth-order valence-corrected chi connectivity index (χ4v) is 2.88. The summed E-state index contributed by atoms with van der Waals surface area (Å²) in [5.74, 6) is 2.39. The maximum atomic E-state index is 2.30. The van der Waals surface area contributed by atoms with Gasteiger partial charge in [0.25, 0.3) is 0 Å². The molecule has 17 heavy (non-hydrogen) atoms. The zero-order chi connectivity index (χ0) is 12.5. The molecule has 0 fully saturated rings. The van der Waals surface area contributed by atoms with Gasteiger partial charge in [0.15, 0.2) is 18.3 Å². The molecule has 0 saturated heterocycles. The highest BCUT2D eigenvalue weighted by molar-refractivity contribution is 7.98. The van der Waals surface area contributed by atoms with Crippen LogP contribution in [-0.2, 0) is 12.3 Å². The van der Waals surface area contributed by atoms with Gasteiger partial charge in [-0.25, -0.2) is 0 Å². The minimum Gasteiger partial charge on any atom is -0.195 e. The molecule has 96 valence electrons. The molecular weight excluding hydrogens is 226 g/mol. The largest absolute Gasteiger partial charge is 0.195 e. The Hall–Kier alpha value is -0.500. The van der Waals surface area contributed by atoms with Gasteiger partial charge < -0.3 is 0 Å². The van der Waals surface area contributed by atoms with Crippen LogP contribution < -0.4 is 4.57 Å². The summed E-state index contributed by atoms with van der Waals surface area (Å²) in [6.45, 7) is 6.69. The lowest BCUT2D eigenvalue weighted by Gasteiger charge is -2.02. The molecule has 1 heterocycles. The van der Waals surface area contributed by atoms with Gasteiger partial charge in [-0.1, -0.05) is 44.9 Å². The Bertz CT molecular complexity index is 323. The first-order valence-electron chi connectivity index (χ1n) is 6.84. The van der Waals surface area contributed by atoms with Gasteiger partial charge in [0, 0.05) is 11.6 Å². The Balaban J connectivity index is 2.25. The molecule has 0 aliphatic rings. The first kappa shape index (κ1) is 14.6. The summed E-state index contributed by atoms with van der Waals surface area (Å²) >= 11 is 2.04. The first-order chi connectivity index (χ1) is 8.27. The van der Waals surface area contributed by atoms with Crippen LogP contribution in [-0.4, -0.2) is 5.75 Å². The summed E-state index contributed by atoms with van der Waals surface area (Å²) in [4.78, 5) is 0. The number of aryl methyl sites for hydroxylation is 2. The third-order valence-corrected chi connectivity index (χ3v) is 4.15. The second-order valence-corrected chi connectivity index (χ2v) is 5.69. The predicted octanol–water partition coefficient (Wildman–Crippen LogP) is 4.12. The molecule has 0 aliphatic heterocycles. The van der Waals surface area contributed by atoms with E-state index in [1.54, 1.807) is 0 Å². The van der Waals surface area contributed by atoms with Crippen LogP contribution in [0, 0.1) is 6.92 Å². The van der Waals surface area contributed by atoms with Crippen molar-refractivity contribution >= 4 is 11.8 Å². The number of unbranched alkanes of at least 4 members (excludes halogenated alkanes) is 3. The average molecular weight is 252 g/mol. The number of hydrogen-bond acceptors (Lipinski definition) is 1. The highest BCUT2D eigenvalue weighted by Crippen LogP contribution is 2.09. The van der Waals surface area contributed by atoms with E-state index in [0.29, 0.717) is 0 Å². The van der Waals surface area contributed by atoms with Crippen LogP contribution in [0.4, 0.5) is 0 Å². The molecule has 1 nitrogen and oxygen atoms in total. The van der Waals surface area contributed by atoms with Crippen molar-refractivity contribution in [1.29, 1.82) is 0 Å². The van der Waals surface area contributed by atoms with E-state index in [1.807, 2.05) is 11.8 Å². The molecule has 0 aromatic carbocycles. The van der Waals surface area contributed by atoms with Crippen LogP contribution >= 0.6 is 11.8 Å². The SMILES string of the molecule is CCCCCCSC[n+]1ccc(CC)c(C)c1. The average Bonchev–Trinajstić information content (AvgIpc) is 2.34. The molecule has 0 unspecified atom stereocenters. The summed E-state index contributed by atoms with van der Waals surface area (Å²) in [6, 6.07) is 2.26. The van der Waals surface area contributed by atoms with Crippen molar-refractivity contribution in [3.8, 4) is 0 Å². The third-order valence-electron chi connectivity index (χ3n) is 3.10. The molecule has 0 atom stereocenters. The zero-order valence-electron chi connectivity index (χ0n) is 11.5. The standard InChI is InChI=1S/C15H26NS/c1-4-6-7-8-11-17-13-16-10-9-15(5-2)14(3)12-16/h9-10,12H,4-8,11,13H2,1-3H3/q+1. The van der Waals surface area contributed by atoms with Crippen molar-refractivity contribution in [2.75, 3.05) is 5.75 Å². The van der Waals surface area contributed by atoms with Crippen LogP contribution in [0.1, 0.15) is 50.7 Å². The highest BCUT2D eigenvalue weighted by atomic mass is 32.2. The van der Waals surface area contributed by atoms with E-state index < -0.39 is 0 Å². The highest BCUT2D eigenvalue weighted by Gasteiger charge is 2.04. The van der Waals surface area contributed by atoms with Crippen molar-refractivity contribution in [3.05, 3.63) is 29.6 Å². The Labute approximate surface area is 111 Å². The van der Waals surface area contributed by atoms with Gasteiger partial charge in [0.2, 0.25) is 0 Å². The lowest BCUT2D eigenvalue weighted by molar-refractivity contribution is -0.676. The molecule has 1 aromatic heterocycles. The second-order valence-electron chi connectivity index (χ2n) is 4.62. The van der Waals surface area contributed by atoms with Gasteiger partial charge in [0.05, 0.1) is 0 Å². The Morgan fingerprint density at radius 1 is 1.18 bits per heavy atom. The van der Waals surface area contributed by atoms with Crippen LogP contribution in [0.5, 0.6) is 0 Å². The second kappa shape index (κ2) is 8.57. The zero-order valence-corrected chi connectivity index (χ0v) is 12.4. The van der Waals surface area contributed by atoms with E-state index in [0.717, 1.165) is 12.3 Å². The van der Waals surface area contributed by atoms with Crippen LogP contribution in [0.2, 0.25) is 0 Å². The van der Waals surface area contributed by atoms with E-state index in [1.165, 1.54) is 42.6 Å². The molecule has 0 aliphatic carbocycles. The van der Waals surface area contributed by atoms with Gasteiger partial charge in [-0.2, -0.15) is 4.57 Å². The summed E-state index contributed by atoms with van der Waals surface area (Å²) in [6.07, 6.45) is 11.1. The van der Waals surface area contributed by atoms with Crippen molar-refractivity contribution in [2.24, 2.45) is 0 Å². The van der Waals surface area contributed by atoms with Gasteiger partial charge in [0.1, 0.15) is 0 Å². The number of aromatic nitrogens is 1. The molecule has 0 spiro atoms. The minimum absolute atomic E-state index is 1.09. The predicted molar refractivity (Wildman–Crippen MR) is 77.4 cm³/mol. The van der Waals surface area contributed by atoms with Gasteiger partial charge >= 0.3 is 0 Å². The van der Waals surface area contributed by atoms with Crippen LogP contribution in [0.15, 0.2) is 18.5 Å². The number of nitrogens with zero attached hydrogens (tertiary/aromatic N) is 1. The van der Waals surface area contributed by atoms with Crippen LogP contribution in [0.25, 0.3) is 0 Å². The molecule has 2 heteroatoms. The normalized spacial score (nSPS) is 10.8. The summed E-state index contributed by atoms with van der Waals surface area (Å²) in [7, 11) is 0. The lowest BCUT2D eigenvalue weighted by atomic mass is 10.1. The van der Waals surface area contributed by atoms with E-state index in [9.17, 15) is 0 Å². The van der Waals surface area contributed by atoms with Crippen LogP contribution in [0.3, 0.4) is 0 Å². The minimum atomic E-state index is 1.09. The fourth-order valence-electron chi connectivity index (χ4n) is 1.97. The Morgan fingerprint density at radius 2 is 2.00 bits per heavy atom. The maximum Gasteiger partial charge on any atom is 0.194 e. The molecule has 1 rings (SSSR count). The van der Waals surface area contributed by atoms with Crippen molar-refractivity contribution in [2.45, 2.75) is 58.8 Å². The quantitative estimate of drug-likeness (QED) is 0.497. The van der Waals surface area contributed by atoms with Gasteiger partial charge in [-0.05, 0) is 31.1 Å². The summed E-state index contributed by atoms with van der Waals surface area (Å²) in [5.41, 5.74) is 2.88. The molecule has 1 aromatic rings. The topological polar surface area (TPSA) is 3.88 Å². The molecule has 0 bridgehead atoms. The van der Waals surface area contributed by atoms with E-state index in [2.05, 4.69) is 43.8 Å².